The van der Waals surface area contributed by atoms with Crippen molar-refractivity contribution in [3.05, 3.63) is 63.6 Å². The molecule has 2 aromatic rings. The molecule has 0 radical (unpaired) electrons. The van der Waals surface area contributed by atoms with Crippen molar-refractivity contribution < 1.29 is 4.74 Å². The molecule has 0 atom stereocenters. The van der Waals surface area contributed by atoms with Crippen LogP contribution in [0.1, 0.15) is 30.0 Å². The SMILES string of the molecule is CCCNCc1ccc(OCc2ccc(C)cc2)c(Br)c1. The van der Waals surface area contributed by atoms with Crippen LogP contribution >= 0.6 is 15.9 Å². The van der Waals surface area contributed by atoms with Gasteiger partial charge in [-0.05, 0) is 59.1 Å². The molecule has 0 fully saturated rings. The molecule has 21 heavy (non-hydrogen) atoms. The number of hydrogen-bond acceptors (Lipinski definition) is 2. The van der Waals surface area contributed by atoms with Gasteiger partial charge in [-0.25, -0.2) is 0 Å². The average molecular weight is 348 g/mol. The van der Waals surface area contributed by atoms with E-state index >= 15 is 0 Å². The van der Waals surface area contributed by atoms with Crippen molar-refractivity contribution in [1.82, 2.24) is 5.32 Å². The highest BCUT2D eigenvalue weighted by Gasteiger charge is 2.03. The molecule has 0 spiro atoms. The summed E-state index contributed by atoms with van der Waals surface area (Å²) >= 11 is 3.59. The second-order valence-electron chi connectivity index (χ2n) is 5.22. The number of benzene rings is 2. The van der Waals surface area contributed by atoms with Crippen LogP contribution in [0.25, 0.3) is 0 Å². The van der Waals surface area contributed by atoms with Gasteiger partial charge in [0.1, 0.15) is 12.4 Å². The van der Waals surface area contributed by atoms with Crippen molar-refractivity contribution in [2.24, 2.45) is 0 Å². The van der Waals surface area contributed by atoms with Gasteiger partial charge in [0.25, 0.3) is 0 Å². The molecule has 2 nitrogen and oxygen atoms in total. The van der Waals surface area contributed by atoms with Gasteiger partial charge in [0.05, 0.1) is 4.47 Å². The lowest BCUT2D eigenvalue weighted by atomic mass is 10.2. The lowest BCUT2D eigenvalue weighted by Gasteiger charge is -2.10. The molecule has 0 amide bonds. The van der Waals surface area contributed by atoms with Crippen molar-refractivity contribution in [2.45, 2.75) is 33.4 Å². The quantitative estimate of drug-likeness (QED) is 0.723. The van der Waals surface area contributed by atoms with Crippen molar-refractivity contribution in [2.75, 3.05) is 6.54 Å². The Kier molecular flexibility index (Phi) is 6.27. The molecule has 0 unspecified atom stereocenters. The monoisotopic (exact) mass is 347 g/mol. The zero-order chi connectivity index (χ0) is 15.1. The highest BCUT2D eigenvalue weighted by molar-refractivity contribution is 9.10. The molecule has 0 bridgehead atoms. The van der Waals surface area contributed by atoms with E-state index in [4.69, 9.17) is 4.74 Å². The van der Waals surface area contributed by atoms with E-state index in [-0.39, 0.29) is 0 Å². The van der Waals surface area contributed by atoms with Crippen LogP contribution < -0.4 is 10.1 Å². The van der Waals surface area contributed by atoms with Gasteiger partial charge in [-0.2, -0.15) is 0 Å². The van der Waals surface area contributed by atoms with E-state index in [9.17, 15) is 0 Å². The van der Waals surface area contributed by atoms with Crippen LogP contribution in [0.5, 0.6) is 5.75 Å². The Morgan fingerprint density at radius 2 is 1.76 bits per heavy atom. The molecular formula is C18H22BrNO. The molecule has 0 aliphatic carbocycles. The summed E-state index contributed by atoms with van der Waals surface area (Å²) in [5.41, 5.74) is 3.71. The fourth-order valence-corrected chi connectivity index (χ4v) is 2.57. The highest BCUT2D eigenvalue weighted by atomic mass is 79.9. The summed E-state index contributed by atoms with van der Waals surface area (Å²) in [5, 5.41) is 3.40. The number of aryl methyl sites for hydroxylation is 1. The van der Waals surface area contributed by atoms with Gasteiger partial charge in [-0.15, -0.1) is 0 Å². The molecule has 2 rings (SSSR count). The van der Waals surface area contributed by atoms with Gasteiger partial charge in [0.15, 0.2) is 0 Å². The lowest BCUT2D eigenvalue weighted by molar-refractivity contribution is 0.304. The maximum atomic E-state index is 5.88. The van der Waals surface area contributed by atoms with E-state index in [1.807, 2.05) is 6.07 Å². The summed E-state index contributed by atoms with van der Waals surface area (Å²) in [6.07, 6.45) is 1.15. The van der Waals surface area contributed by atoms with Crippen LogP contribution in [-0.4, -0.2) is 6.54 Å². The minimum absolute atomic E-state index is 0.590. The summed E-state index contributed by atoms with van der Waals surface area (Å²) in [4.78, 5) is 0. The second-order valence-corrected chi connectivity index (χ2v) is 6.07. The summed E-state index contributed by atoms with van der Waals surface area (Å²) in [7, 11) is 0. The van der Waals surface area contributed by atoms with Crippen LogP contribution in [-0.2, 0) is 13.2 Å². The molecule has 2 aromatic carbocycles. The third-order valence-corrected chi connectivity index (χ3v) is 3.89. The van der Waals surface area contributed by atoms with Gasteiger partial charge in [0.2, 0.25) is 0 Å². The van der Waals surface area contributed by atoms with E-state index in [1.165, 1.54) is 16.7 Å². The maximum Gasteiger partial charge on any atom is 0.134 e. The van der Waals surface area contributed by atoms with Crippen LogP contribution in [0.3, 0.4) is 0 Å². The first-order chi connectivity index (χ1) is 10.2. The van der Waals surface area contributed by atoms with Gasteiger partial charge in [0, 0.05) is 6.54 Å². The molecule has 0 aliphatic rings. The third-order valence-electron chi connectivity index (χ3n) is 3.27. The minimum atomic E-state index is 0.590. The average Bonchev–Trinajstić information content (AvgIpc) is 2.48. The molecule has 112 valence electrons. The number of rotatable bonds is 7. The van der Waals surface area contributed by atoms with Gasteiger partial charge in [-0.3, -0.25) is 0 Å². The zero-order valence-corrected chi connectivity index (χ0v) is 14.2. The molecule has 3 heteroatoms. The summed E-state index contributed by atoms with van der Waals surface area (Å²) in [6, 6.07) is 14.7. The fraction of sp³-hybridized carbons (Fsp3) is 0.333. The number of hydrogen-bond donors (Lipinski definition) is 1. The molecule has 0 saturated carbocycles. The van der Waals surface area contributed by atoms with Gasteiger partial charge < -0.3 is 10.1 Å². The Balaban J connectivity index is 1.92. The summed E-state index contributed by atoms with van der Waals surface area (Å²) in [6.45, 7) is 6.79. The van der Waals surface area contributed by atoms with E-state index in [0.717, 1.165) is 29.7 Å². The Morgan fingerprint density at radius 1 is 1.05 bits per heavy atom. The third kappa shape index (κ3) is 5.18. The van der Waals surface area contributed by atoms with E-state index in [0.29, 0.717) is 6.61 Å². The Bertz CT molecular complexity index is 566. The smallest absolute Gasteiger partial charge is 0.134 e. The first kappa shape index (κ1) is 16.1. The van der Waals surface area contributed by atoms with Crippen molar-refractivity contribution >= 4 is 15.9 Å². The molecule has 0 heterocycles. The minimum Gasteiger partial charge on any atom is -0.488 e. The van der Waals surface area contributed by atoms with Gasteiger partial charge in [-0.1, -0.05) is 42.8 Å². The Hall–Kier alpha value is -1.32. The number of ether oxygens (including phenoxy) is 1. The zero-order valence-electron chi connectivity index (χ0n) is 12.7. The van der Waals surface area contributed by atoms with Crippen molar-refractivity contribution in [3.8, 4) is 5.75 Å². The molecule has 0 aromatic heterocycles. The maximum absolute atomic E-state index is 5.88. The van der Waals surface area contributed by atoms with Crippen LogP contribution in [0, 0.1) is 6.92 Å². The first-order valence-corrected chi connectivity index (χ1v) is 8.16. The molecule has 0 saturated heterocycles. The number of halogens is 1. The predicted octanol–water partition coefficient (Wildman–Crippen LogP) is 4.84. The van der Waals surface area contributed by atoms with Crippen LogP contribution in [0.2, 0.25) is 0 Å². The van der Waals surface area contributed by atoms with Crippen LogP contribution in [0.15, 0.2) is 46.9 Å². The van der Waals surface area contributed by atoms with E-state index in [2.05, 4.69) is 71.5 Å². The highest BCUT2D eigenvalue weighted by Crippen LogP contribution is 2.26. The fourth-order valence-electron chi connectivity index (χ4n) is 2.03. The molecular weight excluding hydrogens is 326 g/mol. The first-order valence-electron chi connectivity index (χ1n) is 7.36. The van der Waals surface area contributed by atoms with E-state index in [1.54, 1.807) is 0 Å². The van der Waals surface area contributed by atoms with Crippen molar-refractivity contribution in [1.29, 1.82) is 0 Å². The van der Waals surface area contributed by atoms with Crippen LogP contribution in [0.4, 0.5) is 0 Å². The van der Waals surface area contributed by atoms with Crippen molar-refractivity contribution in [3.63, 3.8) is 0 Å². The van der Waals surface area contributed by atoms with E-state index < -0.39 is 0 Å². The lowest BCUT2D eigenvalue weighted by Crippen LogP contribution is -2.13. The molecule has 1 N–H and O–H groups in total. The number of nitrogens with one attached hydrogen (secondary N) is 1. The largest absolute Gasteiger partial charge is 0.488 e. The Morgan fingerprint density at radius 3 is 2.43 bits per heavy atom. The normalized spacial score (nSPS) is 10.6. The topological polar surface area (TPSA) is 21.3 Å². The van der Waals surface area contributed by atoms with Gasteiger partial charge >= 0.3 is 0 Å². The Labute approximate surface area is 135 Å². The predicted molar refractivity (Wildman–Crippen MR) is 91.7 cm³/mol. The summed E-state index contributed by atoms with van der Waals surface area (Å²) in [5.74, 6) is 0.884. The molecule has 0 aliphatic heterocycles. The second kappa shape index (κ2) is 8.20. The standard InChI is InChI=1S/C18H22BrNO/c1-3-10-20-12-16-8-9-18(17(19)11-16)21-13-15-6-4-14(2)5-7-15/h4-9,11,20H,3,10,12-13H2,1-2H3. The summed E-state index contributed by atoms with van der Waals surface area (Å²) < 4.78 is 6.88.